The number of nitrogens with one attached hydrogen (secondary N) is 1. The minimum Gasteiger partial charge on any atom is -0.319 e. The number of anilines is 1. The van der Waals surface area contributed by atoms with E-state index in [9.17, 15) is 14.9 Å². The van der Waals surface area contributed by atoms with Gasteiger partial charge in [-0.05, 0) is 18.6 Å². The van der Waals surface area contributed by atoms with Crippen LogP contribution in [0.1, 0.15) is 12.0 Å². The molecule has 1 aromatic rings. The van der Waals surface area contributed by atoms with E-state index < -0.39 is 10.8 Å². The van der Waals surface area contributed by atoms with E-state index in [0.717, 1.165) is 5.56 Å². The van der Waals surface area contributed by atoms with Crippen LogP contribution in [0, 0.1) is 28.4 Å². The fraction of sp³-hybridized carbons (Fsp3) is 0.200. The molecule has 1 N–H and O–H groups in total. The monoisotopic (exact) mass is 219 g/mol. The maximum atomic E-state index is 11.1. The zero-order chi connectivity index (χ0) is 12.1. The number of hydrogen-bond donors (Lipinski definition) is 1. The lowest BCUT2D eigenvalue weighted by atomic mass is 10.2. The van der Waals surface area contributed by atoms with Gasteiger partial charge in [0.1, 0.15) is 12.1 Å². The molecule has 1 aromatic carbocycles. The summed E-state index contributed by atoms with van der Waals surface area (Å²) >= 11 is 0. The third kappa shape index (κ3) is 2.78. The summed E-state index contributed by atoms with van der Waals surface area (Å²) in [5.74, 6) is -0.559. The van der Waals surface area contributed by atoms with Gasteiger partial charge in [0, 0.05) is 6.07 Å². The molecule has 0 aliphatic heterocycles. The van der Waals surface area contributed by atoms with Crippen molar-refractivity contribution in [2.75, 3.05) is 5.32 Å². The Labute approximate surface area is 91.6 Å². The van der Waals surface area contributed by atoms with E-state index in [1.165, 1.54) is 12.1 Å². The molecule has 0 atom stereocenters. The van der Waals surface area contributed by atoms with Crippen LogP contribution in [0.25, 0.3) is 0 Å². The number of carbonyl (C=O) groups excluding carboxylic acids is 1. The van der Waals surface area contributed by atoms with Gasteiger partial charge in [-0.1, -0.05) is 6.07 Å². The van der Waals surface area contributed by atoms with Gasteiger partial charge in [0.15, 0.2) is 0 Å². The van der Waals surface area contributed by atoms with Crippen LogP contribution in [-0.4, -0.2) is 10.8 Å². The molecule has 0 aliphatic rings. The molecule has 1 rings (SSSR count). The predicted octanol–water partition coefficient (Wildman–Crippen LogP) is 1.76. The van der Waals surface area contributed by atoms with E-state index in [2.05, 4.69) is 5.32 Å². The van der Waals surface area contributed by atoms with E-state index in [4.69, 9.17) is 5.26 Å². The normalized spacial score (nSPS) is 9.25. The van der Waals surface area contributed by atoms with Crippen LogP contribution in [0.4, 0.5) is 11.4 Å². The van der Waals surface area contributed by atoms with Gasteiger partial charge in [0.2, 0.25) is 5.91 Å². The Kier molecular flexibility index (Phi) is 3.56. The molecular formula is C10H9N3O3. The van der Waals surface area contributed by atoms with E-state index in [-0.39, 0.29) is 17.8 Å². The first-order chi connectivity index (χ1) is 7.54. The zero-order valence-electron chi connectivity index (χ0n) is 8.56. The van der Waals surface area contributed by atoms with E-state index >= 15 is 0 Å². The SMILES string of the molecule is Cc1ccc([N+](=O)[O-])c(NC(=O)CC#N)c1. The molecule has 0 aliphatic carbocycles. The fourth-order valence-corrected chi connectivity index (χ4v) is 1.18. The number of aryl methyl sites for hydroxylation is 1. The highest BCUT2D eigenvalue weighted by Gasteiger charge is 2.15. The quantitative estimate of drug-likeness (QED) is 0.618. The van der Waals surface area contributed by atoms with Crippen LogP contribution in [0.3, 0.4) is 0 Å². The minimum atomic E-state index is -0.582. The summed E-state index contributed by atoms with van der Waals surface area (Å²) in [7, 11) is 0. The van der Waals surface area contributed by atoms with Crippen LogP contribution in [0.15, 0.2) is 18.2 Å². The highest BCUT2D eigenvalue weighted by molar-refractivity contribution is 5.94. The fourth-order valence-electron chi connectivity index (χ4n) is 1.18. The van der Waals surface area contributed by atoms with Gasteiger partial charge in [-0.3, -0.25) is 14.9 Å². The first-order valence-electron chi connectivity index (χ1n) is 4.46. The van der Waals surface area contributed by atoms with Gasteiger partial charge < -0.3 is 5.32 Å². The van der Waals surface area contributed by atoms with Crippen molar-refractivity contribution in [3.63, 3.8) is 0 Å². The first-order valence-corrected chi connectivity index (χ1v) is 4.46. The Hall–Kier alpha value is -2.42. The molecule has 82 valence electrons. The van der Waals surface area contributed by atoms with E-state index in [1.807, 2.05) is 0 Å². The van der Waals surface area contributed by atoms with Crippen molar-refractivity contribution in [2.45, 2.75) is 13.3 Å². The van der Waals surface area contributed by atoms with Crippen molar-refractivity contribution in [3.8, 4) is 6.07 Å². The van der Waals surface area contributed by atoms with Gasteiger partial charge in [0.25, 0.3) is 5.69 Å². The van der Waals surface area contributed by atoms with E-state index in [0.29, 0.717) is 0 Å². The second-order valence-electron chi connectivity index (χ2n) is 3.16. The molecule has 0 unspecified atom stereocenters. The molecule has 0 saturated carbocycles. The number of nitro groups is 1. The van der Waals surface area contributed by atoms with Crippen LogP contribution < -0.4 is 5.32 Å². The van der Waals surface area contributed by atoms with Gasteiger partial charge in [-0.2, -0.15) is 5.26 Å². The van der Waals surface area contributed by atoms with Crippen LogP contribution in [0.2, 0.25) is 0 Å². The standard InChI is InChI=1S/C10H9N3O3/c1-7-2-3-9(13(15)16)8(6-7)12-10(14)4-5-11/h2-3,6H,4H2,1H3,(H,12,14). The molecule has 0 saturated heterocycles. The summed E-state index contributed by atoms with van der Waals surface area (Å²) in [5.41, 5.74) is 0.722. The summed E-state index contributed by atoms with van der Waals surface area (Å²) in [5, 5.41) is 21.3. The maximum absolute atomic E-state index is 11.1. The second kappa shape index (κ2) is 4.89. The van der Waals surface area contributed by atoms with Gasteiger partial charge >= 0.3 is 0 Å². The second-order valence-corrected chi connectivity index (χ2v) is 3.16. The number of carbonyl (C=O) groups is 1. The van der Waals surface area contributed by atoms with Crippen molar-refractivity contribution >= 4 is 17.3 Å². The molecule has 0 spiro atoms. The summed E-state index contributed by atoms with van der Waals surface area (Å²) in [6.07, 6.45) is -0.328. The third-order valence-electron chi connectivity index (χ3n) is 1.86. The van der Waals surface area contributed by atoms with Crippen LogP contribution >= 0.6 is 0 Å². The summed E-state index contributed by atoms with van der Waals surface area (Å²) in [6.45, 7) is 1.75. The number of nitriles is 1. The Balaban J connectivity index is 3.02. The Morgan fingerprint density at radius 1 is 1.62 bits per heavy atom. The minimum absolute atomic E-state index is 0.116. The zero-order valence-corrected chi connectivity index (χ0v) is 8.56. The lowest BCUT2D eigenvalue weighted by Crippen LogP contribution is -2.11. The number of benzene rings is 1. The van der Waals surface area contributed by atoms with Crippen LogP contribution in [0.5, 0.6) is 0 Å². The molecule has 0 radical (unpaired) electrons. The Morgan fingerprint density at radius 2 is 2.31 bits per heavy atom. The predicted molar refractivity (Wildman–Crippen MR) is 56.7 cm³/mol. The molecule has 16 heavy (non-hydrogen) atoms. The summed E-state index contributed by atoms with van der Waals surface area (Å²) < 4.78 is 0. The van der Waals surface area contributed by atoms with Crippen molar-refractivity contribution in [1.29, 1.82) is 5.26 Å². The molecule has 1 amide bonds. The number of nitrogens with zero attached hydrogens (tertiary/aromatic N) is 2. The lowest BCUT2D eigenvalue weighted by molar-refractivity contribution is -0.383. The highest BCUT2D eigenvalue weighted by atomic mass is 16.6. The van der Waals surface area contributed by atoms with Crippen LogP contribution in [-0.2, 0) is 4.79 Å². The molecule has 0 aromatic heterocycles. The lowest BCUT2D eigenvalue weighted by Gasteiger charge is -2.04. The molecule has 6 nitrogen and oxygen atoms in total. The first kappa shape index (κ1) is 11.7. The largest absolute Gasteiger partial charge is 0.319 e. The number of nitro benzene ring substituents is 1. The summed E-state index contributed by atoms with van der Waals surface area (Å²) in [4.78, 5) is 21.2. The Morgan fingerprint density at radius 3 is 2.88 bits per heavy atom. The van der Waals surface area contributed by atoms with Crippen molar-refractivity contribution in [1.82, 2.24) is 0 Å². The number of amides is 1. The molecule has 6 heteroatoms. The molecular weight excluding hydrogens is 210 g/mol. The summed E-state index contributed by atoms with van der Waals surface area (Å²) in [6, 6.07) is 6.06. The maximum Gasteiger partial charge on any atom is 0.292 e. The van der Waals surface area contributed by atoms with Gasteiger partial charge in [-0.15, -0.1) is 0 Å². The topological polar surface area (TPSA) is 96.0 Å². The Bertz CT molecular complexity index is 477. The number of hydrogen-bond acceptors (Lipinski definition) is 4. The number of rotatable bonds is 3. The van der Waals surface area contributed by atoms with Gasteiger partial charge in [-0.25, -0.2) is 0 Å². The van der Waals surface area contributed by atoms with E-state index in [1.54, 1.807) is 19.1 Å². The highest BCUT2D eigenvalue weighted by Crippen LogP contribution is 2.25. The van der Waals surface area contributed by atoms with Crippen molar-refractivity contribution < 1.29 is 9.72 Å². The molecule has 0 heterocycles. The molecule has 0 bridgehead atoms. The average molecular weight is 219 g/mol. The van der Waals surface area contributed by atoms with Crippen molar-refractivity contribution in [3.05, 3.63) is 33.9 Å². The third-order valence-corrected chi connectivity index (χ3v) is 1.86. The molecule has 0 fully saturated rings. The van der Waals surface area contributed by atoms with Gasteiger partial charge in [0.05, 0.1) is 11.0 Å². The average Bonchev–Trinajstić information content (AvgIpc) is 2.17. The smallest absolute Gasteiger partial charge is 0.292 e. The van der Waals surface area contributed by atoms with Crippen molar-refractivity contribution in [2.24, 2.45) is 0 Å².